The monoisotopic (exact) mass is 325 g/mol. The second-order valence-electron chi connectivity index (χ2n) is 4.60. The van der Waals surface area contributed by atoms with Crippen LogP contribution in [0.4, 0.5) is 8.78 Å². The van der Waals surface area contributed by atoms with Crippen molar-refractivity contribution in [2.75, 3.05) is 0 Å². The first-order valence-electron chi connectivity index (χ1n) is 5.87. The molecule has 0 saturated carbocycles. The van der Waals surface area contributed by atoms with Crippen LogP contribution in [0.25, 0.3) is 0 Å². The fourth-order valence-electron chi connectivity index (χ4n) is 2.28. The number of rotatable bonds is 2. The van der Waals surface area contributed by atoms with Crippen molar-refractivity contribution >= 4 is 15.9 Å². The summed E-state index contributed by atoms with van der Waals surface area (Å²) in [5.74, 6) is -0.640. The molecule has 0 aliphatic rings. The van der Waals surface area contributed by atoms with Crippen molar-refractivity contribution in [3.63, 3.8) is 0 Å². The van der Waals surface area contributed by atoms with E-state index in [4.69, 9.17) is 5.73 Å². The highest BCUT2D eigenvalue weighted by Crippen LogP contribution is 2.28. The Morgan fingerprint density at radius 2 is 1.63 bits per heavy atom. The Labute approximate surface area is 119 Å². The van der Waals surface area contributed by atoms with E-state index in [1.165, 1.54) is 18.2 Å². The molecular formula is C15H14BrF2N. The average Bonchev–Trinajstić information content (AvgIpc) is 2.31. The lowest BCUT2D eigenvalue weighted by molar-refractivity contribution is 0.615. The molecule has 0 spiro atoms. The molecule has 1 nitrogen and oxygen atoms in total. The lowest BCUT2D eigenvalue weighted by Crippen LogP contribution is -2.15. The van der Waals surface area contributed by atoms with Gasteiger partial charge >= 0.3 is 0 Å². The Balaban J connectivity index is 2.49. The van der Waals surface area contributed by atoms with Crippen LogP contribution in [0.3, 0.4) is 0 Å². The third-order valence-electron chi connectivity index (χ3n) is 3.17. The van der Waals surface area contributed by atoms with Crippen molar-refractivity contribution < 1.29 is 8.78 Å². The molecule has 0 bridgehead atoms. The Bertz CT molecular complexity index is 603. The first kappa shape index (κ1) is 14.2. The minimum Gasteiger partial charge on any atom is -0.320 e. The van der Waals surface area contributed by atoms with E-state index in [-0.39, 0.29) is 11.6 Å². The van der Waals surface area contributed by atoms with Gasteiger partial charge in [-0.1, -0.05) is 6.07 Å². The number of benzene rings is 2. The van der Waals surface area contributed by atoms with Crippen LogP contribution in [-0.4, -0.2) is 0 Å². The fourth-order valence-corrected chi connectivity index (χ4v) is 2.53. The van der Waals surface area contributed by atoms with Gasteiger partial charge in [0, 0.05) is 0 Å². The van der Waals surface area contributed by atoms with Crippen molar-refractivity contribution in [3.8, 4) is 0 Å². The fraction of sp³-hybridized carbons (Fsp3) is 0.200. The van der Waals surface area contributed by atoms with E-state index in [0.29, 0.717) is 10.0 Å². The zero-order chi connectivity index (χ0) is 14.2. The molecule has 0 aliphatic heterocycles. The van der Waals surface area contributed by atoms with Crippen LogP contribution in [0.2, 0.25) is 0 Å². The molecule has 0 aliphatic carbocycles. The highest BCUT2D eigenvalue weighted by molar-refractivity contribution is 9.10. The number of nitrogens with two attached hydrogens (primary N) is 1. The van der Waals surface area contributed by atoms with Gasteiger partial charge in [-0.25, -0.2) is 8.78 Å². The highest BCUT2D eigenvalue weighted by Gasteiger charge is 2.16. The SMILES string of the molecule is Cc1cc(F)cc(C)c1C(N)c1ccc(Br)c(F)c1. The predicted molar refractivity (Wildman–Crippen MR) is 76.0 cm³/mol. The summed E-state index contributed by atoms with van der Waals surface area (Å²) in [7, 11) is 0. The second kappa shape index (κ2) is 5.39. The molecule has 0 saturated heterocycles. The minimum absolute atomic E-state index is 0.284. The van der Waals surface area contributed by atoms with Crippen molar-refractivity contribution in [1.82, 2.24) is 0 Å². The van der Waals surface area contributed by atoms with Crippen LogP contribution in [0.15, 0.2) is 34.8 Å². The molecule has 0 radical (unpaired) electrons. The van der Waals surface area contributed by atoms with Gasteiger partial charge in [0.2, 0.25) is 0 Å². The number of halogens is 3. The zero-order valence-corrected chi connectivity index (χ0v) is 12.3. The van der Waals surface area contributed by atoms with Crippen LogP contribution in [-0.2, 0) is 0 Å². The Morgan fingerprint density at radius 1 is 1.05 bits per heavy atom. The van der Waals surface area contributed by atoms with Gasteiger partial charge in [0.25, 0.3) is 0 Å². The quantitative estimate of drug-likeness (QED) is 0.870. The van der Waals surface area contributed by atoms with E-state index in [0.717, 1.165) is 16.7 Å². The molecule has 100 valence electrons. The summed E-state index contributed by atoms with van der Waals surface area (Å²) < 4.78 is 27.2. The molecule has 1 atom stereocenters. The maximum absolute atomic E-state index is 13.6. The van der Waals surface area contributed by atoms with Crippen LogP contribution >= 0.6 is 15.9 Å². The molecule has 0 aromatic heterocycles. The molecule has 2 rings (SSSR count). The number of aryl methyl sites for hydroxylation is 2. The summed E-state index contributed by atoms with van der Waals surface area (Å²) in [6.07, 6.45) is 0. The molecule has 2 aromatic rings. The van der Waals surface area contributed by atoms with Gasteiger partial charge < -0.3 is 5.73 Å². The van der Waals surface area contributed by atoms with E-state index >= 15 is 0 Å². The lowest BCUT2D eigenvalue weighted by Gasteiger charge is -2.18. The van der Waals surface area contributed by atoms with Gasteiger partial charge in [-0.05, 0) is 76.3 Å². The molecule has 2 aromatic carbocycles. The third-order valence-corrected chi connectivity index (χ3v) is 3.82. The number of hydrogen-bond donors (Lipinski definition) is 1. The van der Waals surface area contributed by atoms with Crippen LogP contribution in [0, 0.1) is 25.5 Å². The van der Waals surface area contributed by atoms with Crippen LogP contribution in [0.1, 0.15) is 28.3 Å². The third kappa shape index (κ3) is 2.85. The molecular weight excluding hydrogens is 312 g/mol. The molecule has 1 unspecified atom stereocenters. The van der Waals surface area contributed by atoms with E-state index in [9.17, 15) is 8.78 Å². The summed E-state index contributed by atoms with van der Waals surface area (Å²) >= 11 is 3.11. The summed E-state index contributed by atoms with van der Waals surface area (Å²) in [5.41, 5.74) is 9.23. The van der Waals surface area contributed by atoms with Crippen molar-refractivity contribution in [2.45, 2.75) is 19.9 Å². The van der Waals surface area contributed by atoms with Gasteiger partial charge in [0.15, 0.2) is 0 Å². The maximum Gasteiger partial charge on any atom is 0.137 e. The summed E-state index contributed by atoms with van der Waals surface area (Å²) in [6, 6.07) is 7.20. The first-order chi connectivity index (χ1) is 8.90. The molecule has 19 heavy (non-hydrogen) atoms. The zero-order valence-electron chi connectivity index (χ0n) is 10.7. The van der Waals surface area contributed by atoms with Gasteiger partial charge in [0.1, 0.15) is 11.6 Å². The summed E-state index contributed by atoms with van der Waals surface area (Å²) in [4.78, 5) is 0. The minimum atomic E-state index is -0.469. The second-order valence-corrected chi connectivity index (χ2v) is 5.46. The Kier molecular flexibility index (Phi) is 4.02. The van der Waals surface area contributed by atoms with Gasteiger partial charge in [0.05, 0.1) is 10.5 Å². The molecule has 4 heteroatoms. The van der Waals surface area contributed by atoms with E-state index in [1.807, 2.05) is 0 Å². The van der Waals surface area contributed by atoms with E-state index < -0.39 is 6.04 Å². The molecule has 0 fully saturated rings. The summed E-state index contributed by atoms with van der Waals surface area (Å²) in [5, 5.41) is 0. The Hall–Kier alpha value is -1.26. The predicted octanol–water partition coefficient (Wildman–Crippen LogP) is 4.39. The molecule has 2 N–H and O–H groups in total. The lowest BCUT2D eigenvalue weighted by atomic mass is 9.92. The largest absolute Gasteiger partial charge is 0.320 e. The van der Waals surface area contributed by atoms with Gasteiger partial charge in [-0.3, -0.25) is 0 Å². The molecule has 0 amide bonds. The molecule has 0 heterocycles. The number of hydrogen-bond acceptors (Lipinski definition) is 1. The van der Waals surface area contributed by atoms with Crippen molar-refractivity contribution in [1.29, 1.82) is 0 Å². The van der Waals surface area contributed by atoms with E-state index in [2.05, 4.69) is 15.9 Å². The van der Waals surface area contributed by atoms with Crippen LogP contribution in [0.5, 0.6) is 0 Å². The normalized spacial score (nSPS) is 12.5. The average molecular weight is 326 g/mol. The van der Waals surface area contributed by atoms with E-state index in [1.54, 1.807) is 26.0 Å². The maximum atomic E-state index is 13.6. The summed E-state index contributed by atoms with van der Waals surface area (Å²) in [6.45, 7) is 3.61. The van der Waals surface area contributed by atoms with Gasteiger partial charge in [-0.2, -0.15) is 0 Å². The standard InChI is InChI=1S/C15H14BrF2N/c1-8-5-11(17)6-9(2)14(8)15(19)10-3-4-12(16)13(18)7-10/h3-7,15H,19H2,1-2H3. The Morgan fingerprint density at radius 3 is 2.16 bits per heavy atom. The highest BCUT2D eigenvalue weighted by atomic mass is 79.9. The van der Waals surface area contributed by atoms with Crippen molar-refractivity contribution in [3.05, 3.63) is 68.7 Å². The van der Waals surface area contributed by atoms with Gasteiger partial charge in [-0.15, -0.1) is 0 Å². The smallest absolute Gasteiger partial charge is 0.137 e. The topological polar surface area (TPSA) is 26.0 Å². The van der Waals surface area contributed by atoms with Crippen molar-refractivity contribution in [2.24, 2.45) is 5.73 Å². The first-order valence-corrected chi connectivity index (χ1v) is 6.66. The van der Waals surface area contributed by atoms with Crippen LogP contribution < -0.4 is 5.73 Å².